The van der Waals surface area contributed by atoms with Gasteiger partial charge in [-0.3, -0.25) is 4.79 Å². The summed E-state index contributed by atoms with van der Waals surface area (Å²) >= 11 is 3.54. The second kappa shape index (κ2) is 6.87. The fraction of sp³-hybridized carbons (Fsp3) is 0.562. The maximum atomic E-state index is 12.1. The second-order valence-electron chi connectivity index (χ2n) is 6.24. The van der Waals surface area contributed by atoms with Gasteiger partial charge in [-0.1, -0.05) is 28.1 Å². The summed E-state index contributed by atoms with van der Waals surface area (Å²) in [6, 6.07) is 8.35. The molecule has 1 aromatic rings. The van der Waals surface area contributed by atoms with Crippen LogP contribution < -0.4 is 11.1 Å². The Morgan fingerprint density at radius 1 is 1.27 bits per heavy atom. The third-order valence-corrected chi connectivity index (χ3v) is 5.21. The van der Waals surface area contributed by atoms with Crippen LogP contribution in [0.15, 0.2) is 28.7 Å². The highest BCUT2D eigenvalue weighted by Gasteiger charge is 2.46. The van der Waals surface area contributed by atoms with E-state index in [1.165, 1.54) is 5.56 Å². The van der Waals surface area contributed by atoms with Crippen molar-refractivity contribution in [3.05, 3.63) is 34.3 Å². The first kappa shape index (κ1) is 17.7. The molecular weight excluding hydrogens is 368 g/mol. The van der Waals surface area contributed by atoms with E-state index in [0.717, 1.165) is 43.4 Å². The molecule has 1 saturated heterocycles. The van der Waals surface area contributed by atoms with Crippen molar-refractivity contribution in [3.8, 4) is 0 Å². The minimum atomic E-state index is -0.608. The Hall–Kier alpha value is -0.620. The molecule has 0 radical (unpaired) electrons. The van der Waals surface area contributed by atoms with E-state index in [2.05, 4.69) is 33.4 Å². The summed E-state index contributed by atoms with van der Waals surface area (Å²) in [4.78, 5) is 12.1. The van der Waals surface area contributed by atoms with Gasteiger partial charge in [0.1, 0.15) is 0 Å². The smallest absolute Gasteiger partial charge is 0.240 e. The third-order valence-electron chi connectivity index (χ3n) is 4.72. The molecule has 0 spiro atoms. The minimum Gasteiger partial charge on any atom is -0.381 e. The zero-order valence-corrected chi connectivity index (χ0v) is 14.8. The van der Waals surface area contributed by atoms with Crippen LogP contribution in [0.5, 0.6) is 0 Å². The van der Waals surface area contributed by atoms with Crippen molar-refractivity contribution in [2.45, 2.75) is 36.6 Å². The summed E-state index contributed by atoms with van der Waals surface area (Å²) in [5, 5.41) is 3.08. The van der Waals surface area contributed by atoms with Crippen LogP contribution in [0.4, 0.5) is 0 Å². The molecule has 3 N–H and O–H groups in total. The number of nitrogens with one attached hydrogen (secondary N) is 1. The van der Waals surface area contributed by atoms with Crippen LogP contribution >= 0.6 is 28.3 Å². The van der Waals surface area contributed by atoms with E-state index in [1.54, 1.807) is 0 Å². The zero-order chi connectivity index (χ0) is 14.9. The van der Waals surface area contributed by atoms with Gasteiger partial charge in [0.2, 0.25) is 5.91 Å². The van der Waals surface area contributed by atoms with Gasteiger partial charge in [-0.05, 0) is 43.4 Å². The van der Waals surface area contributed by atoms with Crippen molar-refractivity contribution in [2.24, 2.45) is 5.73 Å². The monoisotopic (exact) mass is 388 g/mol. The molecule has 2 aliphatic rings. The van der Waals surface area contributed by atoms with Gasteiger partial charge in [0.25, 0.3) is 0 Å². The first-order valence-corrected chi connectivity index (χ1v) is 8.24. The minimum absolute atomic E-state index is 0. The average Bonchev–Trinajstić information content (AvgIpc) is 3.25. The number of hydrogen-bond donors (Lipinski definition) is 2. The number of nitrogens with two attached hydrogens (primary N) is 1. The molecule has 1 saturated carbocycles. The summed E-state index contributed by atoms with van der Waals surface area (Å²) < 4.78 is 6.58. The van der Waals surface area contributed by atoms with Crippen LogP contribution in [0.25, 0.3) is 0 Å². The fourth-order valence-corrected chi connectivity index (χ4v) is 3.33. The van der Waals surface area contributed by atoms with E-state index in [4.69, 9.17) is 10.5 Å². The van der Waals surface area contributed by atoms with Gasteiger partial charge in [-0.25, -0.2) is 0 Å². The molecule has 0 unspecified atom stereocenters. The zero-order valence-electron chi connectivity index (χ0n) is 12.4. The number of ether oxygens (including phenoxy) is 1. The van der Waals surface area contributed by atoms with Crippen molar-refractivity contribution in [2.75, 3.05) is 19.8 Å². The quantitative estimate of drug-likeness (QED) is 0.832. The van der Waals surface area contributed by atoms with Crippen LogP contribution in [0.1, 0.15) is 31.2 Å². The Labute approximate surface area is 145 Å². The molecule has 1 amide bonds. The number of rotatable bonds is 4. The summed E-state index contributed by atoms with van der Waals surface area (Å²) in [7, 11) is 0. The molecule has 0 aromatic heterocycles. The van der Waals surface area contributed by atoms with Crippen molar-refractivity contribution < 1.29 is 9.53 Å². The molecule has 1 heterocycles. The van der Waals surface area contributed by atoms with E-state index in [-0.39, 0.29) is 23.7 Å². The molecule has 1 aliphatic carbocycles. The maximum Gasteiger partial charge on any atom is 0.240 e. The predicted molar refractivity (Wildman–Crippen MR) is 92.3 cm³/mol. The summed E-state index contributed by atoms with van der Waals surface area (Å²) in [5.41, 5.74) is 6.56. The van der Waals surface area contributed by atoms with E-state index >= 15 is 0 Å². The van der Waals surface area contributed by atoms with Crippen LogP contribution in [0.2, 0.25) is 0 Å². The first-order valence-electron chi connectivity index (χ1n) is 7.45. The lowest BCUT2D eigenvalue weighted by atomic mass is 9.74. The summed E-state index contributed by atoms with van der Waals surface area (Å²) in [6.07, 6.45) is 3.43. The van der Waals surface area contributed by atoms with Gasteiger partial charge in [-0.2, -0.15) is 0 Å². The van der Waals surface area contributed by atoms with Crippen molar-refractivity contribution in [1.29, 1.82) is 0 Å². The number of hydrogen-bond acceptors (Lipinski definition) is 3. The number of amides is 1. The highest BCUT2D eigenvalue weighted by Crippen LogP contribution is 2.37. The second-order valence-corrected chi connectivity index (χ2v) is 7.16. The highest BCUT2D eigenvalue weighted by atomic mass is 79.9. The number of benzene rings is 1. The lowest BCUT2D eigenvalue weighted by Crippen LogP contribution is -2.50. The van der Waals surface area contributed by atoms with Crippen molar-refractivity contribution in [1.82, 2.24) is 5.32 Å². The van der Waals surface area contributed by atoms with Gasteiger partial charge in [-0.15, -0.1) is 12.4 Å². The molecule has 0 bridgehead atoms. The van der Waals surface area contributed by atoms with E-state index < -0.39 is 5.54 Å². The first-order chi connectivity index (χ1) is 10.0. The van der Waals surface area contributed by atoms with Crippen molar-refractivity contribution in [3.63, 3.8) is 0 Å². The van der Waals surface area contributed by atoms with Gasteiger partial charge in [0.05, 0.1) is 5.54 Å². The molecule has 1 aliphatic heterocycles. The lowest BCUT2D eigenvalue weighted by Gasteiger charge is -2.38. The van der Waals surface area contributed by atoms with Gasteiger partial charge >= 0.3 is 0 Å². The molecular formula is C16H22BrClN2O2. The lowest BCUT2D eigenvalue weighted by molar-refractivity contribution is -0.123. The Morgan fingerprint density at radius 3 is 2.55 bits per heavy atom. The number of halogens is 2. The third kappa shape index (κ3) is 3.65. The topological polar surface area (TPSA) is 64.4 Å². The van der Waals surface area contributed by atoms with Gasteiger partial charge in [0, 0.05) is 29.6 Å². The molecule has 22 heavy (non-hydrogen) atoms. The fourth-order valence-electron chi connectivity index (χ4n) is 2.94. The standard InChI is InChI=1S/C16H21BrN2O2.ClH/c17-13-3-1-2-12(10-13)15(6-8-21-9-7-15)11-19-14(20)16(18)4-5-16;/h1-3,10H,4-9,11,18H2,(H,19,20);1H. The van der Waals surface area contributed by atoms with E-state index in [0.29, 0.717) is 6.54 Å². The average molecular weight is 390 g/mol. The molecule has 0 atom stereocenters. The molecule has 122 valence electrons. The Balaban J connectivity index is 0.00000176. The predicted octanol–water partition coefficient (Wildman–Crippen LogP) is 2.53. The molecule has 3 rings (SSSR count). The van der Waals surface area contributed by atoms with Crippen LogP contribution in [0.3, 0.4) is 0 Å². The Morgan fingerprint density at radius 2 is 1.95 bits per heavy atom. The highest BCUT2D eigenvalue weighted by molar-refractivity contribution is 9.10. The Bertz CT molecular complexity index is 543. The molecule has 4 nitrogen and oxygen atoms in total. The van der Waals surface area contributed by atoms with Crippen LogP contribution in [-0.2, 0) is 14.9 Å². The largest absolute Gasteiger partial charge is 0.381 e. The van der Waals surface area contributed by atoms with E-state index in [1.807, 2.05) is 12.1 Å². The number of carbonyl (C=O) groups excluding carboxylic acids is 1. The van der Waals surface area contributed by atoms with Crippen LogP contribution in [0, 0.1) is 0 Å². The molecule has 6 heteroatoms. The normalized spacial score (nSPS) is 21.5. The molecule has 2 fully saturated rings. The molecule has 1 aromatic carbocycles. The van der Waals surface area contributed by atoms with Gasteiger partial charge < -0.3 is 15.8 Å². The SMILES string of the molecule is Cl.NC1(C(=O)NCC2(c3cccc(Br)c3)CCOCC2)CC1. The summed E-state index contributed by atoms with van der Waals surface area (Å²) in [6.45, 7) is 2.09. The number of carbonyl (C=O) groups is 1. The maximum absolute atomic E-state index is 12.1. The van der Waals surface area contributed by atoms with Crippen molar-refractivity contribution >= 4 is 34.2 Å². The Kier molecular flexibility index (Phi) is 5.54. The van der Waals surface area contributed by atoms with Gasteiger partial charge in [0.15, 0.2) is 0 Å². The van der Waals surface area contributed by atoms with E-state index in [9.17, 15) is 4.79 Å². The summed E-state index contributed by atoms with van der Waals surface area (Å²) in [5.74, 6) is -0.0108. The van der Waals surface area contributed by atoms with Crippen LogP contribution in [-0.4, -0.2) is 31.2 Å².